The molecule has 0 atom stereocenters. The zero-order valence-electron chi connectivity index (χ0n) is 13.1. The second-order valence-corrected chi connectivity index (χ2v) is 5.77. The highest BCUT2D eigenvalue weighted by atomic mass is 16.4. The highest BCUT2D eigenvalue weighted by Gasteiger charge is 2.20. The molecule has 2 rings (SSSR count). The lowest BCUT2D eigenvalue weighted by molar-refractivity contribution is 0.0696. The van der Waals surface area contributed by atoms with E-state index in [0.29, 0.717) is 23.9 Å². The molecule has 0 saturated heterocycles. The van der Waals surface area contributed by atoms with Crippen LogP contribution in [0.15, 0.2) is 12.1 Å². The molecule has 0 bridgehead atoms. The van der Waals surface area contributed by atoms with E-state index in [1.54, 1.807) is 12.1 Å². The Bertz CT molecular complexity index is 728. The Morgan fingerprint density at radius 3 is 2.55 bits per heavy atom. The number of rotatable bonds is 6. The summed E-state index contributed by atoms with van der Waals surface area (Å²) in [5, 5.41) is 19.1. The Morgan fingerprint density at radius 1 is 1.36 bits per heavy atom. The van der Waals surface area contributed by atoms with E-state index in [4.69, 9.17) is 5.11 Å². The summed E-state index contributed by atoms with van der Waals surface area (Å²) in [6, 6.07) is 3.24. The maximum Gasteiger partial charge on any atom is 0.335 e. The van der Waals surface area contributed by atoms with E-state index < -0.39 is 5.97 Å². The first-order valence-electron chi connectivity index (χ1n) is 7.38. The molecule has 1 aromatic heterocycles. The Morgan fingerprint density at radius 2 is 2.05 bits per heavy atom. The third-order valence-electron chi connectivity index (χ3n) is 4.02. The number of carboxylic acids is 1. The van der Waals surface area contributed by atoms with Crippen LogP contribution in [0.5, 0.6) is 0 Å². The zero-order valence-corrected chi connectivity index (χ0v) is 13.1. The van der Waals surface area contributed by atoms with Crippen molar-refractivity contribution in [1.82, 2.24) is 4.57 Å². The minimum atomic E-state index is -0.999. The molecule has 0 radical (unpaired) electrons. The van der Waals surface area contributed by atoms with Crippen molar-refractivity contribution in [1.29, 1.82) is 0 Å². The van der Waals surface area contributed by atoms with E-state index in [9.17, 15) is 14.7 Å². The van der Waals surface area contributed by atoms with Crippen LogP contribution in [0.2, 0.25) is 0 Å². The van der Waals surface area contributed by atoms with Crippen LogP contribution in [0.4, 0.5) is 0 Å². The van der Waals surface area contributed by atoms with Crippen molar-refractivity contribution in [3.63, 3.8) is 0 Å². The number of aliphatic hydroxyl groups excluding tert-OH is 1. The Balaban J connectivity index is 2.87. The van der Waals surface area contributed by atoms with Gasteiger partial charge in [0.2, 0.25) is 0 Å². The number of benzene rings is 1. The Kier molecular flexibility index (Phi) is 4.66. The summed E-state index contributed by atoms with van der Waals surface area (Å²) >= 11 is 0. The van der Waals surface area contributed by atoms with Crippen LogP contribution in [0.3, 0.4) is 0 Å². The molecular formula is C17H21NO4. The molecule has 0 unspecified atom stereocenters. The van der Waals surface area contributed by atoms with Crippen LogP contribution in [0.25, 0.3) is 10.9 Å². The molecular weight excluding hydrogens is 282 g/mol. The molecule has 2 N–H and O–H groups in total. The van der Waals surface area contributed by atoms with Crippen molar-refractivity contribution in [2.45, 2.75) is 39.7 Å². The van der Waals surface area contributed by atoms with Crippen molar-refractivity contribution in [2.75, 3.05) is 6.61 Å². The largest absolute Gasteiger partial charge is 0.478 e. The van der Waals surface area contributed by atoms with Gasteiger partial charge in [0.25, 0.3) is 0 Å². The van der Waals surface area contributed by atoms with E-state index in [1.165, 1.54) is 0 Å². The predicted octanol–water partition coefficient (Wildman–Crippen LogP) is 2.97. The van der Waals surface area contributed by atoms with Gasteiger partial charge < -0.3 is 14.8 Å². The van der Waals surface area contributed by atoms with Crippen LogP contribution < -0.4 is 0 Å². The highest BCUT2D eigenvalue weighted by Crippen LogP contribution is 2.33. The number of carbonyl (C=O) groups is 2. The summed E-state index contributed by atoms with van der Waals surface area (Å²) in [5.41, 5.74) is 3.33. The third kappa shape index (κ3) is 2.64. The first-order valence-corrected chi connectivity index (χ1v) is 7.38. The van der Waals surface area contributed by atoms with E-state index >= 15 is 0 Å². The van der Waals surface area contributed by atoms with Gasteiger partial charge in [0, 0.05) is 29.8 Å². The average Bonchev–Trinajstić information content (AvgIpc) is 2.74. The first-order chi connectivity index (χ1) is 10.4. The second kappa shape index (κ2) is 6.32. The predicted molar refractivity (Wildman–Crippen MR) is 84.8 cm³/mol. The number of aldehydes is 1. The second-order valence-electron chi connectivity index (χ2n) is 5.77. The van der Waals surface area contributed by atoms with Gasteiger partial charge >= 0.3 is 5.97 Å². The number of aromatic carboxylic acids is 1. The molecule has 0 aliphatic heterocycles. The first kappa shape index (κ1) is 16.2. The number of aliphatic hydroxyl groups is 1. The summed E-state index contributed by atoms with van der Waals surface area (Å²) in [4.78, 5) is 22.8. The van der Waals surface area contributed by atoms with Crippen LogP contribution in [0, 0.1) is 6.92 Å². The van der Waals surface area contributed by atoms with Crippen LogP contribution in [-0.4, -0.2) is 33.6 Å². The molecule has 5 nitrogen and oxygen atoms in total. The molecule has 0 saturated carbocycles. The number of fused-ring (bicyclic) bond motifs is 1. The fraction of sp³-hybridized carbons (Fsp3) is 0.412. The van der Waals surface area contributed by atoms with Gasteiger partial charge in [-0.15, -0.1) is 0 Å². The van der Waals surface area contributed by atoms with Gasteiger partial charge in [-0.25, -0.2) is 4.79 Å². The lowest BCUT2D eigenvalue weighted by Gasteiger charge is -2.14. The number of aryl methyl sites for hydroxylation is 1. The fourth-order valence-electron chi connectivity index (χ4n) is 2.89. The fourth-order valence-corrected chi connectivity index (χ4v) is 2.89. The Labute approximate surface area is 129 Å². The number of carboxylic acid groups (broad SMARTS) is 1. The van der Waals surface area contributed by atoms with Gasteiger partial charge in [-0.3, -0.25) is 4.79 Å². The summed E-state index contributed by atoms with van der Waals surface area (Å²) < 4.78 is 2.01. The molecule has 5 heteroatoms. The molecule has 1 heterocycles. The van der Waals surface area contributed by atoms with Crippen LogP contribution in [0.1, 0.15) is 58.2 Å². The van der Waals surface area contributed by atoms with Crippen molar-refractivity contribution in [3.05, 3.63) is 34.5 Å². The number of hydrogen-bond acceptors (Lipinski definition) is 3. The molecule has 0 amide bonds. The Hall–Kier alpha value is -2.14. The molecule has 0 aliphatic rings. The normalized spacial score (nSPS) is 11.3. The summed E-state index contributed by atoms with van der Waals surface area (Å²) in [5.74, 6) is -0.870. The van der Waals surface area contributed by atoms with Crippen molar-refractivity contribution in [2.24, 2.45) is 0 Å². The standard InChI is InChI=1S/C17H21NO4/c1-10(2)13-7-12(17(21)22)8-14-15(9-20)11(3)18(16(13)14)5-4-6-19/h7-10,19H,4-6H2,1-3H3,(H,21,22). The van der Waals surface area contributed by atoms with Gasteiger partial charge in [-0.2, -0.15) is 0 Å². The monoisotopic (exact) mass is 303 g/mol. The molecule has 118 valence electrons. The van der Waals surface area contributed by atoms with E-state index in [2.05, 4.69) is 0 Å². The van der Waals surface area contributed by atoms with Gasteiger partial charge in [-0.1, -0.05) is 13.8 Å². The SMILES string of the molecule is Cc1c(C=O)c2cc(C(=O)O)cc(C(C)C)c2n1CCCO. The summed E-state index contributed by atoms with van der Waals surface area (Å²) in [6.45, 7) is 6.52. The number of aromatic nitrogens is 1. The van der Waals surface area contributed by atoms with E-state index in [0.717, 1.165) is 23.1 Å². The molecule has 2 aromatic rings. The maximum atomic E-state index is 11.5. The van der Waals surface area contributed by atoms with Gasteiger partial charge in [0.15, 0.2) is 6.29 Å². The van der Waals surface area contributed by atoms with E-state index in [1.807, 2.05) is 25.3 Å². The van der Waals surface area contributed by atoms with Gasteiger partial charge in [-0.05, 0) is 37.0 Å². The lowest BCUT2D eigenvalue weighted by atomic mass is 9.96. The average molecular weight is 303 g/mol. The van der Waals surface area contributed by atoms with Gasteiger partial charge in [0.1, 0.15) is 0 Å². The molecule has 0 fully saturated rings. The van der Waals surface area contributed by atoms with Crippen molar-refractivity contribution < 1.29 is 19.8 Å². The van der Waals surface area contributed by atoms with Gasteiger partial charge in [0.05, 0.1) is 11.1 Å². The lowest BCUT2D eigenvalue weighted by Crippen LogP contribution is -2.06. The summed E-state index contributed by atoms with van der Waals surface area (Å²) in [6.07, 6.45) is 1.37. The number of hydrogen-bond donors (Lipinski definition) is 2. The molecule has 0 spiro atoms. The minimum Gasteiger partial charge on any atom is -0.478 e. The topological polar surface area (TPSA) is 79.5 Å². The summed E-state index contributed by atoms with van der Waals surface area (Å²) in [7, 11) is 0. The smallest absolute Gasteiger partial charge is 0.335 e. The maximum absolute atomic E-state index is 11.5. The number of nitrogens with zero attached hydrogens (tertiary/aromatic N) is 1. The van der Waals surface area contributed by atoms with Crippen LogP contribution >= 0.6 is 0 Å². The zero-order chi connectivity index (χ0) is 16.4. The molecule has 22 heavy (non-hydrogen) atoms. The van der Waals surface area contributed by atoms with E-state index in [-0.39, 0.29) is 18.1 Å². The molecule has 1 aromatic carbocycles. The minimum absolute atomic E-state index is 0.0692. The third-order valence-corrected chi connectivity index (χ3v) is 4.02. The highest BCUT2D eigenvalue weighted by molar-refractivity contribution is 6.04. The molecule has 0 aliphatic carbocycles. The number of carbonyl (C=O) groups excluding carboxylic acids is 1. The van der Waals surface area contributed by atoms with Crippen molar-refractivity contribution in [3.8, 4) is 0 Å². The van der Waals surface area contributed by atoms with Crippen LogP contribution in [-0.2, 0) is 6.54 Å². The van der Waals surface area contributed by atoms with Crippen molar-refractivity contribution >= 4 is 23.2 Å². The quantitative estimate of drug-likeness (QED) is 0.804.